The molecule has 7 heteroatoms. The minimum Gasteiger partial charge on any atom is -0.478 e. The van der Waals surface area contributed by atoms with Gasteiger partial charge in [-0.1, -0.05) is 84.9 Å². The molecule has 45 heavy (non-hydrogen) atoms. The number of anilines is 1. The predicted molar refractivity (Wildman–Crippen MR) is 172 cm³/mol. The third-order valence-electron chi connectivity index (χ3n) is 8.61. The SMILES string of the molecule is CNc1ccc(C2(c3ccc(CC(=O)c4cc(C(C)=O)c(C(=O)O)cc4C(=O)O)cc3)c3ccccc3-c3ccccc32)cc1. The topological polar surface area (TPSA) is 121 Å². The summed E-state index contributed by atoms with van der Waals surface area (Å²) in [6, 6.07) is 34.8. The van der Waals surface area contributed by atoms with Crippen LogP contribution in [0.4, 0.5) is 5.69 Å². The van der Waals surface area contributed by atoms with E-state index in [9.17, 15) is 29.4 Å². The van der Waals surface area contributed by atoms with E-state index in [1.165, 1.54) is 6.92 Å². The zero-order chi connectivity index (χ0) is 31.9. The van der Waals surface area contributed by atoms with E-state index in [0.29, 0.717) is 5.56 Å². The Kier molecular flexibility index (Phi) is 7.38. The van der Waals surface area contributed by atoms with Crippen LogP contribution in [0.2, 0.25) is 0 Å². The molecule has 0 saturated heterocycles. The summed E-state index contributed by atoms with van der Waals surface area (Å²) in [6.07, 6.45) is -0.138. The number of carboxylic acids is 2. The van der Waals surface area contributed by atoms with Crippen LogP contribution in [0.25, 0.3) is 11.1 Å². The Hall–Kier alpha value is -5.82. The van der Waals surface area contributed by atoms with Crippen LogP contribution in [0.5, 0.6) is 0 Å². The Morgan fingerprint density at radius 1 is 0.622 bits per heavy atom. The smallest absolute Gasteiger partial charge is 0.336 e. The molecule has 0 heterocycles. The van der Waals surface area contributed by atoms with Gasteiger partial charge in [-0.05, 0) is 70.1 Å². The first-order chi connectivity index (χ1) is 21.7. The Labute approximate surface area is 259 Å². The molecular formula is C38H29NO6. The maximum atomic E-state index is 13.5. The van der Waals surface area contributed by atoms with E-state index in [2.05, 4.69) is 53.8 Å². The maximum absolute atomic E-state index is 13.5. The van der Waals surface area contributed by atoms with Crippen molar-refractivity contribution >= 4 is 29.2 Å². The summed E-state index contributed by atoms with van der Waals surface area (Å²) < 4.78 is 0. The number of Topliss-reactive ketones (excluding diaryl/α,β-unsaturated/α-hetero) is 2. The van der Waals surface area contributed by atoms with Crippen molar-refractivity contribution in [1.82, 2.24) is 0 Å². The van der Waals surface area contributed by atoms with Crippen molar-refractivity contribution in [2.75, 3.05) is 12.4 Å². The molecule has 0 radical (unpaired) electrons. The van der Waals surface area contributed by atoms with Gasteiger partial charge in [-0.2, -0.15) is 0 Å². The highest BCUT2D eigenvalue weighted by Gasteiger charge is 2.45. The normalized spacial score (nSPS) is 12.6. The van der Waals surface area contributed by atoms with E-state index in [1.807, 2.05) is 55.6 Å². The second-order valence-corrected chi connectivity index (χ2v) is 11.1. The van der Waals surface area contributed by atoms with Crippen molar-refractivity contribution in [2.24, 2.45) is 0 Å². The average molecular weight is 596 g/mol. The largest absolute Gasteiger partial charge is 0.478 e. The number of carboxylic acid groups (broad SMARTS) is 2. The summed E-state index contributed by atoms with van der Waals surface area (Å²) in [5.41, 5.74) is 6.37. The van der Waals surface area contributed by atoms with Crippen LogP contribution in [0.15, 0.2) is 109 Å². The number of carbonyl (C=O) groups is 4. The number of nitrogens with one attached hydrogen (secondary N) is 1. The van der Waals surface area contributed by atoms with Gasteiger partial charge in [-0.15, -0.1) is 0 Å². The number of ketones is 2. The molecule has 0 spiro atoms. The number of aromatic carboxylic acids is 2. The summed E-state index contributed by atoms with van der Waals surface area (Å²) in [5, 5.41) is 22.5. The summed E-state index contributed by atoms with van der Waals surface area (Å²) in [4.78, 5) is 49.4. The van der Waals surface area contributed by atoms with Crippen molar-refractivity contribution in [3.63, 3.8) is 0 Å². The number of rotatable bonds is 9. The minimum atomic E-state index is -1.45. The second kappa shape index (κ2) is 11.4. The number of carbonyl (C=O) groups excluding carboxylic acids is 2. The van der Waals surface area contributed by atoms with Crippen LogP contribution >= 0.6 is 0 Å². The molecule has 222 valence electrons. The fraction of sp³-hybridized carbons (Fsp3) is 0.105. The predicted octanol–water partition coefficient (Wildman–Crippen LogP) is 7.12. The van der Waals surface area contributed by atoms with Gasteiger partial charge in [-0.25, -0.2) is 9.59 Å². The van der Waals surface area contributed by atoms with Gasteiger partial charge >= 0.3 is 11.9 Å². The fourth-order valence-corrected chi connectivity index (χ4v) is 6.54. The highest BCUT2D eigenvalue weighted by Crippen LogP contribution is 2.56. The molecule has 1 aliphatic carbocycles. The molecule has 3 N–H and O–H groups in total. The molecule has 0 aliphatic heterocycles. The lowest BCUT2D eigenvalue weighted by Gasteiger charge is -2.34. The lowest BCUT2D eigenvalue weighted by molar-refractivity contribution is 0.0689. The zero-order valence-corrected chi connectivity index (χ0v) is 24.6. The van der Waals surface area contributed by atoms with Crippen LogP contribution in [0, 0.1) is 0 Å². The number of hydrogen-bond acceptors (Lipinski definition) is 5. The first kappa shape index (κ1) is 29.3. The Balaban J connectivity index is 1.45. The van der Waals surface area contributed by atoms with Crippen LogP contribution in [0.1, 0.15) is 76.2 Å². The average Bonchev–Trinajstić information content (AvgIpc) is 3.35. The van der Waals surface area contributed by atoms with Gasteiger partial charge in [0.05, 0.1) is 16.5 Å². The number of fused-ring (bicyclic) bond motifs is 3. The van der Waals surface area contributed by atoms with Gasteiger partial charge in [0.15, 0.2) is 11.6 Å². The molecule has 0 bridgehead atoms. The van der Waals surface area contributed by atoms with Crippen molar-refractivity contribution < 1.29 is 29.4 Å². The molecule has 0 amide bonds. The molecule has 0 aromatic heterocycles. The highest BCUT2D eigenvalue weighted by atomic mass is 16.4. The molecule has 0 fully saturated rings. The van der Waals surface area contributed by atoms with E-state index in [1.54, 1.807) is 0 Å². The van der Waals surface area contributed by atoms with E-state index >= 15 is 0 Å². The lowest BCUT2D eigenvalue weighted by Crippen LogP contribution is -2.28. The van der Waals surface area contributed by atoms with Gasteiger partial charge in [0.2, 0.25) is 0 Å². The number of benzene rings is 5. The summed E-state index contributed by atoms with van der Waals surface area (Å²) in [7, 11) is 1.88. The summed E-state index contributed by atoms with van der Waals surface area (Å²) in [6.45, 7) is 1.18. The highest BCUT2D eigenvalue weighted by molar-refractivity contribution is 6.12. The fourth-order valence-electron chi connectivity index (χ4n) is 6.54. The van der Waals surface area contributed by atoms with E-state index < -0.39 is 40.0 Å². The molecule has 0 atom stereocenters. The van der Waals surface area contributed by atoms with Gasteiger partial charge in [-0.3, -0.25) is 9.59 Å². The van der Waals surface area contributed by atoms with Gasteiger partial charge in [0.1, 0.15) is 0 Å². The molecule has 5 aromatic carbocycles. The third-order valence-corrected chi connectivity index (χ3v) is 8.61. The van der Waals surface area contributed by atoms with Crippen LogP contribution in [0.3, 0.4) is 0 Å². The van der Waals surface area contributed by atoms with Gasteiger partial charge in [0, 0.05) is 30.3 Å². The van der Waals surface area contributed by atoms with Crippen molar-refractivity contribution in [3.05, 3.63) is 159 Å². The molecule has 1 aliphatic rings. The summed E-state index contributed by atoms with van der Waals surface area (Å²) >= 11 is 0. The van der Waals surface area contributed by atoms with E-state index in [4.69, 9.17) is 0 Å². The third kappa shape index (κ3) is 4.79. The second-order valence-electron chi connectivity index (χ2n) is 11.1. The number of hydrogen-bond donors (Lipinski definition) is 3. The standard InChI is InChI=1S/C38H29NO6/c1-22(40)29-20-30(32(37(44)45)21-31(29)36(42)43)35(41)19-23-11-13-24(14-12-23)38(25-15-17-26(39-2)18-16-25)33-9-5-3-7-27(33)28-8-4-6-10-34(28)38/h3-18,20-21,39H,19H2,1-2H3,(H,42,43)(H,44,45). The zero-order valence-electron chi connectivity index (χ0n) is 24.6. The maximum Gasteiger partial charge on any atom is 0.336 e. The van der Waals surface area contributed by atoms with E-state index in [0.717, 1.165) is 51.2 Å². The minimum absolute atomic E-state index is 0.138. The molecule has 7 nitrogen and oxygen atoms in total. The van der Waals surface area contributed by atoms with Crippen LogP contribution < -0.4 is 5.32 Å². The molecule has 6 rings (SSSR count). The van der Waals surface area contributed by atoms with Crippen LogP contribution in [-0.2, 0) is 11.8 Å². The quantitative estimate of drug-likeness (QED) is 0.152. The molecule has 5 aromatic rings. The molecular weight excluding hydrogens is 566 g/mol. The van der Waals surface area contributed by atoms with E-state index in [-0.39, 0.29) is 17.5 Å². The Bertz CT molecular complexity index is 1960. The van der Waals surface area contributed by atoms with Crippen molar-refractivity contribution in [2.45, 2.75) is 18.8 Å². The van der Waals surface area contributed by atoms with Gasteiger partial charge in [0.25, 0.3) is 0 Å². The summed E-state index contributed by atoms with van der Waals surface area (Å²) in [5.74, 6) is -4.00. The van der Waals surface area contributed by atoms with Gasteiger partial charge < -0.3 is 15.5 Å². The monoisotopic (exact) mass is 595 g/mol. The Morgan fingerprint density at radius 2 is 1.09 bits per heavy atom. The first-order valence-corrected chi connectivity index (χ1v) is 14.4. The Morgan fingerprint density at radius 3 is 1.58 bits per heavy atom. The van der Waals surface area contributed by atoms with Crippen molar-refractivity contribution in [3.8, 4) is 11.1 Å². The van der Waals surface area contributed by atoms with Crippen LogP contribution in [-0.4, -0.2) is 40.8 Å². The lowest BCUT2D eigenvalue weighted by atomic mass is 9.67. The first-order valence-electron chi connectivity index (χ1n) is 14.4. The molecule has 0 saturated carbocycles. The van der Waals surface area contributed by atoms with Crippen molar-refractivity contribution in [1.29, 1.82) is 0 Å². The molecule has 0 unspecified atom stereocenters.